The highest BCUT2D eigenvalue weighted by Crippen LogP contribution is 2.27. The zero-order valence-corrected chi connectivity index (χ0v) is 18.3. The van der Waals surface area contributed by atoms with Crippen molar-refractivity contribution in [2.24, 2.45) is 0 Å². The molecule has 168 valence electrons. The van der Waals surface area contributed by atoms with Crippen LogP contribution in [0.2, 0.25) is 0 Å². The first-order valence-corrected chi connectivity index (χ1v) is 10.9. The second-order valence-corrected chi connectivity index (χ2v) is 7.96. The van der Waals surface area contributed by atoms with E-state index < -0.39 is 5.63 Å². The number of carbonyl (C=O) groups excluding carboxylic acids is 1. The van der Waals surface area contributed by atoms with E-state index in [0.29, 0.717) is 45.0 Å². The number of nitrogens with one attached hydrogen (secondary N) is 1. The lowest BCUT2D eigenvalue weighted by Gasteiger charge is -2.07. The summed E-state index contributed by atoms with van der Waals surface area (Å²) in [5.41, 5.74) is 4.10. The van der Waals surface area contributed by atoms with Gasteiger partial charge in [-0.1, -0.05) is 30.3 Å². The highest BCUT2D eigenvalue weighted by atomic mass is 16.4. The molecule has 0 saturated carbocycles. The number of rotatable bonds is 4. The van der Waals surface area contributed by atoms with E-state index in [1.165, 1.54) is 0 Å². The number of nitrogens with zero attached hydrogens (tertiary/aromatic N) is 2. The Morgan fingerprint density at radius 3 is 2.51 bits per heavy atom. The third-order valence-corrected chi connectivity index (χ3v) is 5.65. The molecule has 3 aromatic heterocycles. The Labute approximate surface area is 198 Å². The first-order valence-electron chi connectivity index (χ1n) is 10.9. The summed E-state index contributed by atoms with van der Waals surface area (Å²) in [6.07, 6.45) is 3.34. The van der Waals surface area contributed by atoms with Crippen molar-refractivity contribution in [1.29, 1.82) is 0 Å². The minimum atomic E-state index is -0.456. The molecule has 0 unspecified atom stereocenters. The van der Waals surface area contributed by atoms with Gasteiger partial charge in [0.2, 0.25) is 5.89 Å². The highest BCUT2D eigenvalue weighted by molar-refractivity contribution is 6.05. The molecule has 0 radical (unpaired) electrons. The van der Waals surface area contributed by atoms with Crippen molar-refractivity contribution in [1.82, 2.24) is 9.97 Å². The van der Waals surface area contributed by atoms with Gasteiger partial charge in [0.15, 0.2) is 5.58 Å². The summed E-state index contributed by atoms with van der Waals surface area (Å²) in [6, 6.07) is 24.9. The number of para-hydroxylation sites is 1. The van der Waals surface area contributed by atoms with E-state index >= 15 is 0 Å². The maximum Gasteiger partial charge on any atom is 0.344 e. The molecular weight excluding hydrogens is 442 g/mol. The SMILES string of the molecule is O=C(Nc1ccc2oc(-c3ccncc3)nc2c1)c1cccc(-c2cc3ccccc3oc2=O)c1. The summed E-state index contributed by atoms with van der Waals surface area (Å²) in [5, 5.41) is 3.70. The fraction of sp³-hybridized carbons (Fsp3) is 0. The van der Waals surface area contributed by atoms with Crippen LogP contribution in [0.3, 0.4) is 0 Å². The summed E-state index contributed by atoms with van der Waals surface area (Å²) in [7, 11) is 0. The van der Waals surface area contributed by atoms with Crippen LogP contribution >= 0.6 is 0 Å². The average Bonchev–Trinajstić information content (AvgIpc) is 3.32. The monoisotopic (exact) mass is 459 g/mol. The van der Waals surface area contributed by atoms with Gasteiger partial charge in [0, 0.05) is 34.6 Å². The average molecular weight is 459 g/mol. The number of carbonyl (C=O) groups is 1. The number of pyridine rings is 1. The second-order valence-electron chi connectivity index (χ2n) is 7.96. The lowest BCUT2D eigenvalue weighted by atomic mass is 10.0. The van der Waals surface area contributed by atoms with Crippen molar-refractivity contribution >= 4 is 33.7 Å². The van der Waals surface area contributed by atoms with Gasteiger partial charge in [-0.15, -0.1) is 0 Å². The van der Waals surface area contributed by atoms with Crippen LogP contribution in [-0.4, -0.2) is 15.9 Å². The molecule has 3 heterocycles. The molecule has 0 bridgehead atoms. The molecule has 0 aliphatic heterocycles. The van der Waals surface area contributed by atoms with E-state index in [0.717, 1.165) is 10.9 Å². The first-order chi connectivity index (χ1) is 17.1. The van der Waals surface area contributed by atoms with Crippen LogP contribution in [-0.2, 0) is 0 Å². The number of anilines is 1. The third-order valence-electron chi connectivity index (χ3n) is 5.65. The molecular formula is C28H17N3O4. The van der Waals surface area contributed by atoms with Crippen LogP contribution in [0.5, 0.6) is 0 Å². The normalized spacial score (nSPS) is 11.1. The molecule has 6 aromatic rings. The van der Waals surface area contributed by atoms with Crippen LogP contribution in [0.1, 0.15) is 10.4 Å². The Balaban J connectivity index is 1.28. The van der Waals surface area contributed by atoms with Crippen LogP contribution in [0.25, 0.3) is 44.7 Å². The Morgan fingerprint density at radius 2 is 1.63 bits per heavy atom. The molecule has 1 N–H and O–H groups in total. The number of benzene rings is 3. The van der Waals surface area contributed by atoms with Gasteiger partial charge in [0.05, 0.1) is 5.56 Å². The van der Waals surface area contributed by atoms with Crippen molar-refractivity contribution in [3.8, 4) is 22.6 Å². The molecule has 35 heavy (non-hydrogen) atoms. The van der Waals surface area contributed by atoms with Crippen LogP contribution < -0.4 is 10.9 Å². The van der Waals surface area contributed by atoms with Gasteiger partial charge >= 0.3 is 5.63 Å². The zero-order valence-electron chi connectivity index (χ0n) is 18.3. The molecule has 7 nitrogen and oxygen atoms in total. The van der Waals surface area contributed by atoms with Crippen LogP contribution in [0.4, 0.5) is 5.69 Å². The van der Waals surface area contributed by atoms with Gasteiger partial charge in [0.1, 0.15) is 11.1 Å². The van der Waals surface area contributed by atoms with Gasteiger partial charge in [-0.05, 0) is 60.2 Å². The lowest BCUT2D eigenvalue weighted by molar-refractivity contribution is 0.102. The Kier molecular flexibility index (Phi) is 4.93. The van der Waals surface area contributed by atoms with Gasteiger partial charge < -0.3 is 14.2 Å². The van der Waals surface area contributed by atoms with Crippen molar-refractivity contribution in [2.75, 3.05) is 5.32 Å². The number of fused-ring (bicyclic) bond motifs is 2. The fourth-order valence-electron chi connectivity index (χ4n) is 3.92. The van der Waals surface area contributed by atoms with E-state index in [2.05, 4.69) is 15.3 Å². The van der Waals surface area contributed by atoms with Crippen LogP contribution in [0.15, 0.2) is 111 Å². The minimum Gasteiger partial charge on any atom is -0.436 e. The predicted octanol–water partition coefficient (Wildman–Crippen LogP) is 5.92. The smallest absolute Gasteiger partial charge is 0.344 e. The summed E-state index contributed by atoms with van der Waals surface area (Å²) in [5.74, 6) is 0.169. The molecule has 0 fully saturated rings. The summed E-state index contributed by atoms with van der Waals surface area (Å²) >= 11 is 0. The molecule has 3 aromatic carbocycles. The van der Waals surface area contributed by atoms with Crippen LogP contribution in [0, 0.1) is 0 Å². The summed E-state index contributed by atoms with van der Waals surface area (Å²) < 4.78 is 11.3. The van der Waals surface area contributed by atoms with Gasteiger partial charge in [0.25, 0.3) is 5.91 Å². The standard InChI is InChI=1S/C28H17N3O4/c32-26(30-21-8-9-25-23(16-21)31-27(34-25)17-10-12-29-13-11-17)20-6-3-5-18(14-20)22-15-19-4-1-2-7-24(19)35-28(22)33/h1-16H,(H,30,32). The zero-order chi connectivity index (χ0) is 23.8. The molecule has 7 heteroatoms. The van der Waals surface area contributed by atoms with Crippen molar-refractivity contribution in [3.05, 3.63) is 113 Å². The molecule has 1 amide bonds. The number of hydrogen-bond acceptors (Lipinski definition) is 6. The number of oxazole rings is 1. The van der Waals surface area contributed by atoms with E-state index in [4.69, 9.17) is 8.83 Å². The molecule has 0 aliphatic rings. The topological polar surface area (TPSA) is 98.2 Å². The maximum absolute atomic E-state index is 13.0. The Hall–Kier alpha value is -5.04. The number of aromatic nitrogens is 2. The first kappa shape index (κ1) is 20.6. The van der Waals surface area contributed by atoms with Gasteiger partial charge in [-0.3, -0.25) is 9.78 Å². The van der Waals surface area contributed by atoms with Gasteiger partial charge in [-0.2, -0.15) is 0 Å². The van der Waals surface area contributed by atoms with E-state index in [1.807, 2.05) is 30.3 Å². The summed E-state index contributed by atoms with van der Waals surface area (Å²) in [6.45, 7) is 0. The Morgan fingerprint density at radius 1 is 0.771 bits per heavy atom. The number of hydrogen-bond donors (Lipinski definition) is 1. The van der Waals surface area contributed by atoms with E-state index in [1.54, 1.807) is 67.0 Å². The largest absolute Gasteiger partial charge is 0.436 e. The quantitative estimate of drug-likeness (QED) is 0.329. The van der Waals surface area contributed by atoms with E-state index in [9.17, 15) is 9.59 Å². The highest BCUT2D eigenvalue weighted by Gasteiger charge is 2.13. The maximum atomic E-state index is 13.0. The fourth-order valence-corrected chi connectivity index (χ4v) is 3.92. The number of amides is 1. The molecule has 0 atom stereocenters. The lowest BCUT2D eigenvalue weighted by Crippen LogP contribution is -2.12. The molecule has 0 saturated heterocycles. The van der Waals surface area contributed by atoms with Crippen molar-refractivity contribution in [3.63, 3.8) is 0 Å². The third kappa shape index (κ3) is 3.95. The Bertz CT molecular complexity index is 1770. The summed E-state index contributed by atoms with van der Waals surface area (Å²) in [4.78, 5) is 34.1. The van der Waals surface area contributed by atoms with E-state index in [-0.39, 0.29) is 5.91 Å². The molecule has 0 spiro atoms. The molecule has 0 aliphatic carbocycles. The minimum absolute atomic E-state index is 0.311. The predicted molar refractivity (Wildman–Crippen MR) is 133 cm³/mol. The van der Waals surface area contributed by atoms with Gasteiger partial charge in [-0.25, -0.2) is 9.78 Å². The second kappa shape index (κ2) is 8.39. The van der Waals surface area contributed by atoms with Crippen molar-refractivity contribution in [2.45, 2.75) is 0 Å². The molecule has 6 rings (SSSR count). The van der Waals surface area contributed by atoms with Crippen molar-refractivity contribution < 1.29 is 13.6 Å².